The van der Waals surface area contributed by atoms with Crippen LogP contribution in [0, 0.1) is 5.92 Å². The summed E-state index contributed by atoms with van der Waals surface area (Å²) in [5, 5.41) is 0. The zero-order valence-corrected chi connectivity index (χ0v) is 12.0. The lowest BCUT2D eigenvalue weighted by Gasteiger charge is -2.32. The molecule has 0 N–H and O–H groups in total. The molecule has 16 heavy (non-hydrogen) atoms. The van der Waals surface area contributed by atoms with Gasteiger partial charge in [0.1, 0.15) is 0 Å². The van der Waals surface area contributed by atoms with Gasteiger partial charge in [-0.25, -0.2) is 0 Å². The maximum atomic E-state index is 6.01. The van der Waals surface area contributed by atoms with E-state index in [-0.39, 0.29) is 12.7 Å². The summed E-state index contributed by atoms with van der Waals surface area (Å²) < 4.78 is 11.4. The van der Waals surface area contributed by atoms with E-state index in [4.69, 9.17) is 9.31 Å². The molecule has 0 aromatic rings. The first-order valence-corrected chi connectivity index (χ1v) is 6.64. The molecular formula is C13H29BO2. The summed E-state index contributed by atoms with van der Waals surface area (Å²) in [5.41, 5.74) is -0.106. The Hall–Kier alpha value is -0.0151. The number of unbranched alkanes of at least 4 members (excludes halogenated alkanes) is 3. The van der Waals surface area contributed by atoms with Crippen molar-refractivity contribution in [2.45, 2.75) is 72.2 Å². The molecule has 0 saturated heterocycles. The number of hydrogen-bond acceptors (Lipinski definition) is 2. The maximum absolute atomic E-state index is 6.01. The summed E-state index contributed by atoms with van der Waals surface area (Å²) in [6.07, 6.45) is 6.06. The molecule has 3 heteroatoms. The largest absolute Gasteiger partial charge is 0.457 e. The highest BCUT2D eigenvalue weighted by molar-refractivity contribution is 6.44. The fraction of sp³-hybridized carbons (Fsp3) is 1.00. The Labute approximate surface area is 102 Å². The number of hydrogen-bond donors (Lipinski definition) is 0. The van der Waals surface area contributed by atoms with E-state index in [2.05, 4.69) is 34.6 Å². The van der Waals surface area contributed by atoms with E-state index in [1.807, 2.05) is 0 Å². The Morgan fingerprint density at radius 2 is 1.75 bits per heavy atom. The van der Waals surface area contributed by atoms with Gasteiger partial charge in [0.2, 0.25) is 0 Å². The van der Waals surface area contributed by atoms with Crippen LogP contribution in [0.1, 0.15) is 60.3 Å². The molecule has 0 rings (SSSR count). The van der Waals surface area contributed by atoms with Gasteiger partial charge in [0.15, 0.2) is 0 Å². The highest BCUT2D eigenvalue weighted by atomic mass is 16.6. The molecule has 0 spiro atoms. The van der Waals surface area contributed by atoms with Gasteiger partial charge in [-0.3, -0.25) is 0 Å². The standard InChI is InChI=1S/C13H29BO2/c1-7-8-9-10-11-14(15-6)16-13(4,5)12(2)3/h12H,7-11H2,1-6H3. The minimum absolute atomic E-state index is 0.0470. The fourth-order valence-corrected chi connectivity index (χ4v) is 1.44. The van der Waals surface area contributed by atoms with Gasteiger partial charge in [-0.15, -0.1) is 0 Å². The first-order valence-electron chi connectivity index (χ1n) is 6.64. The zero-order valence-electron chi connectivity index (χ0n) is 12.0. The molecule has 0 atom stereocenters. The predicted molar refractivity (Wildman–Crippen MR) is 71.7 cm³/mol. The average Bonchev–Trinajstić information content (AvgIpc) is 2.22. The minimum Gasteiger partial charge on any atom is -0.414 e. The van der Waals surface area contributed by atoms with E-state index in [0.29, 0.717) is 5.92 Å². The van der Waals surface area contributed by atoms with Crippen molar-refractivity contribution in [1.82, 2.24) is 0 Å². The Balaban J connectivity index is 3.91. The molecule has 0 bridgehead atoms. The predicted octanol–water partition coefficient (Wildman–Crippen LogP) is 4.15. The first-order chi connectivity index (χ1) is 7.44. The molecule has 0 unspecified atom stereocenters. The highest BCUT2D eigenvalue weighted by Crippen LogP contribution is 2.23. The summed E-state index contributed by atoms with van der Waals surface area (Å²) in [4.78, 5) is 0. The molecule has 0 heterocycles. The summed E-state index contributed by atoms with van der Waals surface area (Å²) in [5.74, 6) is 0.501. The fourth-order valence-electron chi connectivity index (χ4n) is 1.44. The van der Waals surface area contributed by atoms with Gasteiger partial charge in [0, 0.05) is 7.11 Å². The van der Waals surface area contributed by atoms with Crippen LogP contribution >= 0.6 is 0 Å². The summed E-state index contributed by atoms with van der Waals surface area (Å²) in [6.45, 7) is 10.9. The molecule has 0 aliphatic rings. The third-order valence-electron chi connectivity index (χ3n) is 3.38. The van der Waals surface area contributed by atoms with Crippen molar-refractivity contribution in [3.63, 3.8) is 0 Å². The van der Waals surface area contributed by atoms with Gasteiger partial charge < -0.3 is 9.31 Å². The number of rotatable bonds is 9. The van der Waals surface area contributed by atoms with Gasteiger partial charge in [-0.05, 0) is 26.1 Å². The lowest BCUT2D eigenvalue weighted by atomic mass is 9.79. The van der Waals surface area contributed by atoms with Crippen LogP contribution in [-0.2, 0) is 9.31 Å². The van der Waals surface area contributed by atoms with Gasteiger partial charge >= 0.3 is 7.12 Å². The molecule has 0 fully saturated rings. The van der Waals surface area contributed by atoms with E-state index in [1.54, 1.807) is 7.11 Å². The topological polar surface area (TPSA) is 18.5 Å². The van der Waals surface area contributed by atoms with E-state index in [0.717, 1.165) is 6.32 Å². The Morgan fingerprint density at radius 1 is 1.12 bits per heavy atom. The zero-order chi connectivity index (χ0) is 12.6. The molecule has 0 aliphatic carbocycles. The maximum Gasteiger partial charge on any atom is 0.457 e. The van der Waals surface area contributed by atoms with E-state index in [9.17, 15) is 0 Å². The SMILES string of the molecule is CCCCCCB(OC)OC(C)(C)C(C)C. The van der Waals surface area contributed by atoms with Gasteiger partial charge in [0.05, 0.1) is 5.60 Å². The quantitative estimate of drug-likeness (QED) is 0.436. The van der Waals surface area contributed by atoms with Crippen LogP contribution in [-0.4, -0.2) is 19.8 Å². The third-order valence-corrected chi connectivity index (χ3v) is 3.38. The van der Waals surface area contributed by atoms with Crippen molar-refractivity contribution >= 4 is 7.12 Å². The van der Waals surface area contributed by atoms with E-state index >= 15 is 0 Å². The molecule has 2 nitrogen and oxygen atoms in total. The Kier molecular flexibility index (Phi) is 8.12. The van der Waals surface area contributed by atoms with Crippen LogP contribution in [0.2, 0.25) is 6.32 Å². The van der Waals surface area contributed by atoms with Crippen LogP contribution in [0.3, 0.4) is 0 Å². The van der Waals surface area contributed by atoms with Gasteiger partial charge in [0.25, 0.3) is 0 Å². The molecule has 0 radical (unpaired) electrons. The minimum atomic E-state index is -0.106. The summed E-state index contributed by atoms with van der Waals surface area (Å²) in [6, 6.07) is 0. The van der Waals surface area contributed by atoms with Crippen molar-refractivity contribution < 1.29 is 9.31 Å². The van der Waals surface area contributed by atoms with E-state index in [1.165, 1.54) is 25.7 Å². The van der Waals surface area contributed by atoms with Crippen LogP contribution in [0.15, 0.2) is 0 Å². The lowest BCUT2D eigenvalue weighted by Crippen LogP contribution is -2.38. The second kappa shape index (κ2) is 8.13. The highest BCUT2D eigenvalue weighted by Gasteiger charge is 2.29. The first kappa shape index (κ1) is 16.0. The van der Waals surface area contributed by atoms with Crippen molar-refractivity contribution in [3.05, 3.63) is 0 Å². The normalized spacial score (nSPS) is 12.2. The van der Waals surface area contributed by atoms with Crippen molar-refractivity contribution in [2.24, 2.45) is 5.92 Å². The van der Waals surface area contributed by atoms with Crippen molar-refractivity contribution in [3.8, 4) is 0 Å². The molecule has 0 aromatic heterocycles. The van der Waals surface area contributed by atoms with Crippen molar-refractivity contribution in [1.29, 1.82) is 0 Å². The smallest absolute Gasteiger partial charge is 0.414 e. The average molecular weight is 228 g/mol. The molecule has 0 saturated carbocycles. The lowest BCUT2D eigenvalue weighted by molar-refractivity contribution is 0.0321. The van der Waals surface area contributed by atoms with Crippen LogP contribution in [0.5, 0.6) is 0 Å². The van der Waals surface area contributed by atoms with Gasteiger partial charge in [-0.1, -0.05) is 46.5 Å². The summed E-state index contributed by atoms with van der Waals surface area (Å²) >= 11 is 0. The second-order valence-corrected chi connectivity index (χ2v) is 5.39. The molecule has 96 valence electrons. The van der Waals surface area contributed by atoms with Gasteiger partial charge in [-0.2, -0.15) is 0 Å². The monoisotopic (exact) mass is 228 g/mol. The Bertz CT molecular complexity index is 169. The second-order valence-electron chi connectivity index (χ2n) is 5.39. The molecule has 0 amide bonds. The summed E-state index contributed by atoms with van der Waals surface area (Å²) in [7, 11) is 1.69. The van der Waals surface area contributed by atoms with Crippen LogP contribution < -0.4 is 0 Å². The van der Waals surface area contributed by atoms with E-state index < -0.39 is 0 Å². The molecule has 0 aromatic carbocycles. The van der Waals surface area contributed by atoms with Crippen LogP contribution in [0.4, 0.5) is 0 Å². The Morgan fingerprint density at radius 3 is 2.19 bits per heavy atom. The molecule has 0 aliphatic heterocycles. The van der Waals surface area contributed by atoms with Crippen LogP contribution in [0.25, 0.3) is 0 Å². The van der Waals surface area contributed by atoms with Crippen molar-refractivity contribution in [2.75, 3.05) is 7.11 Å². The third kappa shape index (κ3) is 6.54. The molecular weight excluding hydrogens is 199 g/mol.